The maximum absolute atomic E-state index is 13.7. The van der Waals surface area contributed by atoms with Crippen LogP contribution in [0, 0.1) is 0 Å². The maximum Gasteiger partial charge on any atom is 0.202 e. The lowest BCUT2D eigenvalue weighted by Crippen LogP contribution is -2.55. The van der Waals surface area contributed by atoms with Crippen LogP contribution in [-0.2, 0) is 31.8 Å². The second-order valence-electron chi connectivity index (χ2n) is 10.7. The van der Waals surface area contributed by atoms with E-state index < -0.39 is 100 Å². The van der Waals surface area contributed by atoms with Gasteiger partial charge < -0.3 is 39.2 Å². The zero-order chi connectivity index (χ0) is 30.7. The molecule has 0 aromatic heterocycles. The fraction of sp³-hybridized carbons (Fsp3) is 0.464. The van der Waals surface area contributed by atoms with E-state index in [-0.39, 0.29) is 40.3 Å². The molecule has 7 atom stereocenters. The minimum absolute atomic E-state index is 0.0350. The van der Waals surface area contributed by atoms with Crippen LogP contribution in [0.1, 0.15) is 75.8 Å². The fourth-order valence-electron chi connectivity index (χ4n) is 6.01. The van der Waals surface area contributed by atoms with Gasteiger partial charge in [-0.25, -0.2) is 4.21 Å². The average molecular weight is 606 g/mol. The predicted octanol–water partition coefficient (Wildman–Crippen LogP) is 0.839. The molecule has 226 valence electrons. The normalized spacial score (nSPS) is 29.3. The van der Waals surface area contributed by atoms with Gasteiger partial charge in [-0.05, 0) is 19.9 Å². The topological polar surface area (TPSA) is 209 Å². The Hall–Kier alpha value is -3.24. The number of aromatic hydroxyl groups is 2. The van der Waals surface area contributed by atoms with Crippen LogP contribution in [-0.4, -0.2) is 89.7 Å². The molecule has 6 N–H and O–H groups in total. The molecule has 0 amide bonds. The minimum Gasteiger partial charge on any atom is -0.507 e. The van der Waals surface area contributed by atoms with Gasteiger partial charge in [0, 0.05) is 42.0 Å². The van der Waals surface area contributed by atoms with Crippen molar-refractivity contribution in [2.24, 2.45) is 0 Å². The molecule has 0 spiro atoms. The summed E-state index contributed by atoms with van der Waals surface area (Å²) in [5.74, 6) is -3.75. The molecule has 2 aliphatic carbocycles. The summed E-state index contributed by atoms with van der Waals surface area (Å²) in [5.41, 5.74) is -3.36. The van der Waals surface area contributed by atoms with Gasteiger partial charge >= 0.3 is 0 Å². The Labute approximate surface area is 242 Å². The van der Waals surface area contributed by atoms with E-state index in [0.29, 0.717) is 0 Å². The standard InChI is InChI=1S/C28H31NO12S/c1-11-23(31)15(29-10-42(37)38)7-18(40-11)41-17-9-28(36,12(2)30)8-14-20(17)27(35)22-21(25(14)33)24(32)13-5-4-6-16(39-3)19(13)26(22)34/h4-6,11,15,17-18,23,29,31,33,35-36H,7-10H2,1-3H3,(H,37,38)/t11?,15?,17-,18?,23?,28-/m0/s1. The Morgan fingerprint density at radius 2 is 1.86 bits per heavy atom. The van der Waals surface area contributed by atoms with Crippen LogP contribution in [0.25, 0.3) is 0 Å². The van der Waals surface area contributed by atoms with E-state index in [1.54, 1.807) is 6.92 Å². The Morgan fingerprint density at radius 1 is 1.17 bits per heavy atom. The summed E-state index contributed by atoms with van der Waals surface area (Å²) in [6.07, 6.45) is -5.20. The van der Waals surface area contributed by atoms with E-state index in [1.807, 2.05) is 0 Å². The van der Waals surface area contributed by atoms with Gasteiger partial charge in [0.2, 0.25) is 5.78 Å². The Balaban J connectivity index is 1.61. The molecule has 2 aromatic rings. The van der Waals surface area contributed by atoms with Gasteiger partial charge in [-0.3, -0.25) is 19.7 Å². The van der Waals surface area contributed by atoms with Crippen molar-refractivity contribution in [3.63, 3.8) is 0 Å². The monoisotopic (exact) mass is 605 g/mol. The van der Waals surface area contributed by atoms with Crippen LogP contribution in [0.4, 0.5) is 0 Å². The molecule has 5 unspecified atom stereocenters. The highest BCUT2D eigenvalue weighted by Crippen LogP contribution is 2.52. The lowest BCUT2D eigenvalue weighted by molar-refractivity contribution is -0.249. The number of hydrogen-bond donors (Lipinski definition) is 6. The first kappa shape index (κ1) is 30.2. The zero-order valence-electron chi connectivity index (χ0n) is 22.9. The van der Waals surface area contributed by atoms with E-state index in [2.05, 4.69) is 5.32 Å². The third-order valence-electron chi connectivity index (χ3n) is 8.22. The summed E-state index contributed by atoms with van der Waals surface area (Å²) >= 11 is -2.19. The summed E-state index contributed by atoms with van der Waals surface area (Å²) in [5, 5.41) is 47.5. The Bertz CT molecular complexity index is 1510. The highest BCUT2D eigenvalue weighted by Gasteiger charge is 2.49. The van der Waals surface area contributed by atoms with Crippen LogP contribution in [0.2, 0.25) is 0 Å². The number of aliphatic hydroxyl groups excluding tert-OH is 1. The summed E-state index contributed by atoms with van der Waals surface area (Å²) in [7, 11) is 1.32. The van der Waals surface area contributed by atoms with Crippen LogP contribution in [0.15, 0.2) is 18.2 Å². The first-order valence-corrected chi connectivity index (χ1v) is 14.5. The number of methoxy groups -OCH3 is 1. The highest BCUT2D eigenvalue weighted by molar-refractivity contribution is 7.79. The molecule has 0 bridgehead atoms. The van der Waals surface area contributed by atoms with Crippen molar-refractivity contribution in [3.05, 3.63) is 51.6 Å². The molecule has 14 heteroatoms. The van der Waals surface area contributed by atoms with Gasteiger partial charge in [-0.15, -0.1) is 0 Å². The van der Waals surface area contributed by atoms with E-state index in [4.69, 9.17) is 18.8 Å². The SMILES string of the molecule is COc1cccc2c1C(=O)c1c(O)c3c(c(O)c1C2=O)C[C@@](O)(C(C)=O)C[C@@H]3OC1CC(NCS(=O)O)C(O)C(C)O1. The van der Waals surface area contributed by atoms with E-state index in [0.717, 1.165) is 6.92 Å². The lowest BCUT2D eigenvalue weighted by Gasteiger charge is -2.42. The van der Waals surface area contributed by atoms with E-state index in [9.17, 15) is 39.0 Å². The molecule has 2 aromatic carbocycles. The summed E-state index contributed by atoms with van der Waals surface area (Å²) in [6, 6.07) is 3.64. The number of carbonyl (C=O) groups is 3. The van der Waals surface area contributed by atoms with E-state index in [1.165, 1.54) is 25.3 Å². The van der Waals surface area contributed by atoms with Gasteiger partial charge in [0.15, 0.2) is 28.9 Å². The largest absolute Gasteiger partial charge is 0.507 e. The van der Waals surface area contributed by atoms with Crippen molar-refractivity contribution in [2.75, 3.05) is 13.0 Å². The number of hydrogen-bond acceptors (Lipinski definition) is 12. The number of rotatable bonds is 7. The summed E-state index contributed by atoms with van der Waals surface area (Å²) in [4.78, 5) is 39.9. The quantitative estimate of drug-likeness (QED) is 0.163. The highest BCUT2D eigenvalue weighted by atomic mass is 32.2. The number of nitrogens with one attached hydrogen (secondary N) is 1. The van der Waals surface area contributed by atoms with Crippen molar-refractivity contribution >= 4 is 28.4 Å². The minimum atomic E-state index is -2.19. The summed E-state index contributed by atoms with van der Waals surface area (Å²) < 4.78 is 37.6. The third-order valence-corrected chi connectivity index (χ3v) is 8.64. The van der Waals surface area contributed by atoms with Crippen LogP contribution in [0.3, 0.4) is 0 Å². The first-order valence-electron chi connectivity index (χ1n) is 13.2. The van der Waals surface area contributed by atoms with Crippen molar-refractivity contribution in [3.8, 4) is 17.2 Å². The van der Waals surface area contributed by atoms with Gasteiger partial charge in [0.05, 0.1) is 48.0 Å². The number of benzene rings is 2. The molecule has 5 rings (SSSR count). The zero-order valence-corrected chi connectivity index (χ0v) is 23.8. The fourth-order valence-corrected chi connectivity index (χ4v) is 6.36. The number of phenolic OH excluding ortho intramolecular Hbond substituents is 2. The maximum atomic E-state index is 13.7. The molecule has 1 aliphatic heterocycles. The number of carbonyl (C=O) groups excluding carboxylic acids is 3. The first-order chi connectivity index (χ1) is 19.8. The van der Waals surface area contributed by atoms with Crippen molar-refractivity contribution in [1.82, 2.24) is 5.32 Å². The van der Waals surface area contributed by atoms with E-state index >= 15 is 0 Å². The van der Waals surface area contributed by atoms with Crippen LogP contribution >= 0.6 is 0 Å². The second kappa shape index (κ2) is 11.1. The van der Waals surface area contributed by atoms with Crippen molar-refractivity contribution in [1.29, 1.82) is 0 Å². The molecule has 0 radical (unpaired) electrons. The molecule has 13 nitrogen and oxygen atoms in total. The van der Waals surface area contributed by atoms with Gasteiger partial charge in [0.1, 0.15) is 22.8 Å². The smallest absolute Gasteiger partial charge is 0.202 e. The number of ether oxygens (including phenoxy) is 3. The molecule has 1 saturated heterocycles. The van der Waals surface area contributed by atoms with Crippen molar-refractivity contribution < 1.29 is 57.8 Å². The lowest BCUT2D eigenvalue weighted by atomic mass is 9.72. The molecule has 42 heavy (non-hydrogen) atoms. The molecular formula is C28H31NO12S. The number of ketones is 3. The van der Waals surface area contributed by atoms with Crippen LogP contribution < -0.4 is 10.1 Å². The Kier molecular flexibility index (Phi) is 8.00. The molecule has 0 saturated carbocycles. The second-order valence-corrected chi connectivity index (χ2v) is 11.7. The average Bonchev–Trinajstić information content (AvgIpc) is 2.93. The third kappa shape index (κ3) is 4.92. The Morgan fingerprint density at radius 3 is 2.50 bits per heavy atom. The summed E-state index contributed by atoms with van der Waals surface area (Å²) in [6.45, 7) is 2.71. The number of fused-ring (bicyclic) bond motifs is 3. The van der Waals surface area contributed by atoms with Crippen LogP contribution in [0.5, 0.6) is 17.2 Å². The molecule has 3 aliphatic rings. The molecular weight excluding hydrogens is 574 g/mol. The molecule has 1 fully saturated rings. The van der Waals surface area contributed by atoms with Gasteiger partial charge in [0.25, 0.3) is 0 Å². The number of aliphatic hydroxyl groups is 2. The van der Waals surface area contributed by atoms with Gasteiger partial charge in [-0.2, -0.15) is 0 Å². The van der Waals surface area contributed by atoms with Crippen molar-refractivity contribution in [2.45, 2.75) is 69.4 Å². The van der Waals surface area contributed by atoms with Gasteiger partial charge in [-0.1, -0.05) is 12.1 Å². The number of Topliss-reactive ketones (excluding diaryl/α,β-unsaturated/α-hetero) is 1. The number of phenols is 2. The molecule has 1 heterocycles. The predicted molar refractivity (Wildman–Crippen MR) is 145 cm³/mol.